The van der Waals surface area contributed by atoms with Crippen molar-refractivity contribution in [2.75, 3.05) is 0 Å². The van der Waals surface area contributed by atoms with Crippen LogP contribution in [0.5, 0.6) is 0 Å². The maximum atomic E-state index is 6.07. The smallest absolute Gasteiger partial charge is 0.398 e. The van der Waals surface area contributed by atoms with Crippen LogP contribution in [0.2, 0.25) is 0 Å². The second kappa shape index (κ2) is 5.20. The predicted octanol–water partition coefficient (Wildman–Crippen LogP) is 3.87. The Balaban J connectivity index is 1.93. The third kappa shape index (κ3) is 2.70. The van der Waals surface area contributed by atoms with Gasteiger partial charge in [0.1, 0.15) is 5.01 Å². The zero-order valence-corrected chi connectivity index (χ0v) is 14.9. The fourth-order valence-corrected chi connectivity index (χ4v) is 3.67. The van der Waals surface area contributed by atoms with Gasteiger partial charge in [-0.15, -0.1) is 11.3 Å². The summed E-state index contributed by atoms with van der Waals surface area (Å²) in [4.78, 5) is 4.71. The molecule has 1 aliphatic rings. The van der Waals surface area contributed by atoms with Crippen LogP contribution in [0.1, 0.15) is 27.7 Å². The molecule has 0 bridgehead atoms. The Morgan fingerprint density at radius 3 is 2.19 bits per heavy atom. The van der Waals surface area contributed by atoms with Crippen LogP contribution in [0.4, 0.5) is 0 Å². The molecule has 1 aromatic heterocycles. The van der Waals surface area contributed by atoms with E-state index in [1.54, 1.807) is 11.3 Å². The molecular formula is C15H17BBrNO2S. The van der Waals surface area contributed by atoms with E-state index in [0.717, 1.165) is 20.0 Å². The van der Waals surface area contributed by atoms with E-state index in [2.05, 4.69) is 28.1 Å². The van der Waals surface area contributed by atoms with Gasteiger partial charge >= 0.3 is 7.12 Å². The molecule has 2 aromatic rings. The van der Waals surface area contributed by atoms with E-state index in [1.165, 1.54) is 0 Å². The third-order valence-electron chi connectivity index (χ3n) is 4.11. The molecule has 0 unspecified atom stereocenters. The minimum atomic E-state index is -0.432. The molecule has 0 atom stereocenters. The highest BCUT2D eigenvalue weighted by Crippen LogP contribution is 2.38. The van der Waals surface area contributed by atoms with Gasteiger partial charge in [0.15, 0.2) is 0 Å². The Bertz CT molecular complexity index is 641. The van der Waals surface area contributed by atoms with Crippen molar-refractivity contribution >= 4 is 40.0 Å². The van der Waals surface area contributed by atoms with Gasteiger partial charge in [0, 0.05) is 5.56 Å². The minimum absolute atomic E-state index is 0.354. The summed E-state index contributed by atoms with van der Waals surface area (Å²) in [6.45, 7) is 8.19. The van der Waals surface area contributed by atoms with E-state index in [9.17, 15) is 0 Å². The second-order valence-corrected chi connectivity index (χ2v) is 8.45. The molecule has 0 aliphatic carbocycles. The normalized spacial score (nSPS) is 20.0. The maximum absolute atomic E-state index is 6.07. The van der Waals surface area contributed by atoms with Crippen molar-refractivity contribution in [3.8, 4) is 10.6 Å². The van der Waals surface area contributed by atoms with Gasteiger partial charge in [-0.25, -0.2) is 4.98 Å². The monoisotopic (exact) mass is 365 g/mol. The standard InChI is InChI=1S/C15H17BBrNO2S/c1-14(2)15(3,4)20-16(19-14)11-12(17)21-13(18-11)10-8-6-5-7-9-10/h5-9H,1-4H3. The largest absolute Gasteiger partial charge is 0.516 e. The van der Waals surface area contributed by atoms with E-state index in [-0.39, 0.29) is 11.2 Å². The van der Waals surface area contributed by atoms with Gasteiger partial charge in [0.25, 0.3) is 0 Å². The Morgan fingerprint density at radius 1 is 1.05 bits per heavy atom. The van der Waals surface area contributed by atoms with Gasteiger partial charge in [-0.1, -0.05) is 30.3 Å². The van der Waals surface area contributed by atoms with Crippen molar-refractivity contribution in [2.24, 2.45) is 0 Å². The van der Waals surface area contributed by atoms with Crippen molar-refractivity contribution in [1.82, 2.24) is 4.98 Å². The first kappa shape index (κ1) is 15.2. The lowest BCUT2D eigenvalue weighted by Crippen LogP contribution is -2.41. The van der Waals surface area contributed by atoms with Crippen LogP contribution in [-0.2, 0) is 9.31 Å². The summed E-state index contributed by atoms with van der Waals surface area (Å²) in [5.74, 6) is 0. The van der Waals surface area contributed by atoms with E-state index >= 15 is 0 Å². The molecule has 3 rings (SSSR count). The molecule has 21 heavy (non-hydrogen) atoms. The number of hydrogen-bond donors (Lipinski definition) is 0. The maximum Gasteiger partial charge on any atom is 0.516 e. The van der Waals surface area contributed by atoms with Crippen LogP contribution < -0.4 is 5.59 Å². The van der Waals surface area contributed by atoms with Crippen molar-refractivity contribution in [3.05, 3.63) is 34.1 Å². The number of halogens is 1. The quantitative estimate of drug-likeness (QED) is 0.757. The number of benzene rings is 1. The molecule has 1 fully saturated rings. The SMILES string of the molecule is CC1(C)OB(c2nc(-c3ccccc3)sc2Br)OC1(C)C. The summed E-state index contributed by atoms with van der Waals surface area (Å²) >= 11 is 5.20. The lowest BCUT2D eigenvalue weighted by molar-refractivity contribution is 0.00578. The van der Waals surface area contributed by atoms with E-state index < -0.39 is 7.12 Å². The summed E-state index contributed by atoms with van der Waals surface area (Å²) in [5, 5.41) is 0.965. The van der Waals surface area contributed by atoms with Crippen LogP contribution in [0.3, 0.4) is 0 Å². The number of nitrogens with zero attached hydrogens (tertiary/aromatic N) is 1. The van der Waals surface area contributed by atoms with E-state index in [1.807, 2.05) is 45.9 Å². The Hall–Kier alpha value is -0.685. The number of thiazole rings is 1. The molecule has 1 saturated heterocycles. The zero-order valence-electron chi connectivity index (χ0n) is 12.5. The fraction of sp³-hybridized carbons (Fsp3) is 0.400. The minimum Gasteiger partial charge on any atom is -0.398 e. The van der Waals surface area contributed by atoms with Gasteiger partial charge in [-0.2, -0.15) is 0 Å². The van der Waals surface area contributed by atoms with Gasteiger partial charge in [-0.05, 0) is 43.6 Å². The van der Waals surface area contributed by atoms with Crippen molar-refractivity contribution < 1.29 is 9.31 Å². The first-order valence-corrected chi connectivity index (χ1v) is 8.48. The topological polar surface area (TPSA) is 31.4 Å². The molecule has 6 heteroatoms. The van der Waals surface area contributed by atoms with E-state index in [0.29, 0.717) is 0 Å². The summed E-state index contributed by atoms with van der Waals surface area (Å²) < 4.78 is 13.1. The first-order chi connectivity index (χ1) is 9.80. The van der Waals surface area contributed by atoms with Crippen LogP contribution in [0, 0.1) is 0 Å². The highest BCUT2D eigenvalue weighted by Gasteiger charge is 2.53. The lowest BCUT2D eigenvalue weighted by atomic mass is 9.86. The molecule has 0 spiro atoms. The molecule has 2 heterocycles. The highest BCUT2D eigenvalue weighted by molar-refractivity contribution is 9.11. The average Bonchev–Trinajstić information content (AvgIpc) is 2.89. The molecule has 0 saturated carbocycles. The third-order valence-corrected chi connectivity index (χ3v) is 5.91. The van der Waals surface area contributed by atoms with E-state index in [4.69, 9.17) is 14.3 Å². The molecule has 110 valence electrons. The summed E-state index contributed by atoms with van der Waals surface area (Å²) in [5.41, 5.74) is 1.21. The van der Waals surface area contributed by atoms with Crippen molar-refractivity contribution in [1.29, 1.82) is 0 Å². The van der Waals surface area contributed by atoms with Crippen LogP contribution >= 0.6 is 27.3 Å². The van der Waals surface area contributed by atoms with Crippen LogP contribution in [0.15, 0.2) is 34.1 Å². The summed E-state index contributed by atoms with van der Waals surface area (Å²) in [7, 11) is -0.432. The first-order valence-electron chi connectivity index (χ1n) is 6.87. The van der Waals surface area contributed by atoms with Gasteiger partial charge < -0.3 is 9.31 Å². The molecule has 1 aromatic carbocycles. The summed E-state index contributed by atoms with van der Waals surface area (Å²) in [6.07, 6.45) is 0. The number of hydrogen-bond acceptors (Lipinski definition) is 4. The Kier molecular flexibility index (Phi) is 3.77. The van der Waals surface area contributed by atoms with Crippen LogP contribution in [0.25, 0.3) is 10.6 Å². The predicted molar refractivity (Wildman–Crippen MR) is 91.0 cm³/mol. The second-order valence-electron chi connectivity index (χ2n) is 6.13. The van der Waals surface area contributed by atoms with Gasteiger partial charge in [0.05, 0.1) is 20.6 Å². The molecule has 1 aliphatic heterocycles. The molecule has 3 nitrogen and oxygen atoms in total. The molecular weight excluding hydrogens is 349 g/mol. The van der Waals surface area contributed by atoms with Gasteiger partial charge in [-0.3, -0.25) is 0 Å². The average molecular weight is 366 g/mol. The Morgan fingerprint density at radius 2 is 1.62 bits per heavy atom. The fourth-order valence-electron chi connectivity index (χ4n) is 2.12. The number of aromatic nitrogens is 1. The zero-order chi connectivity index (χ0) is 15.3. The summed E-state index contributed by atoms with van der Waals surface area (Å²) in [6, 6.07) is 10.1. The van der Waals surface area contributed by atoms with Gasteiger partial charge in [0.2, 0.25) is 0 Å². The van der Waals surface area contributed by atoms with Crippen LogP contribution in [-0.4, -0.2) is 23.3 Å². The Labute approximate surface area is 138 Å². The van der Waals surface area contributed by atoms with Crippen molar-refractivity contribution in [3.63, 3.8) is 0 Å². The highest BCUT2D eigenvalue weighted by atomic mass is 79.9. The van der Waals surface area contributed by atoms with Crippen molar-refractivity contribution in [2.45, 2.75) is 38.9 Å². The molecule has 0 radical (unpaired) electrons. The molecule has 0 N–H and O–H groups in total. The molecule has 0 amide bonds. The lowest BCUT2D eigenvalue weighted by Gasteiger charge is -2.32. The number of rotatable bonds is 2.